The summed E-state index contributed by atoms with van der Waals surface area (Å²) in [6.45, 7) is 11.5. The average molecular weight is 547 g/mol. The first kappa shape index (κ1) is 29.8. The lowest BCUT2D eigenvalue weighted by molar-refractivity contribution is -0.0111. The largest absolute Gasteiger partial charge is 0.444 e. The van der Waals surface area contributed by atoms with Gasteiger partial charge in [0.15, 0.2) is 0 Å². The molecule has 0 aliphatic heterocycles. The lowest BCUT2D eigenvalue weighted by Gasteiger charge is -2.19. The van der Waals surface area contributed by atoms with Gasteiger partial charge in [-0.05, 0) is 38.0 Å². The molecule has 30 heavy (non-hydrogen) atoms. The molecule has 0 saturated heterocycles. The van der Waals surface area contributed by atoms with Gasteiger partial charge in [-0.25, -0.2) is 4.79 Å². The molecule has 0 aromatic carbocycles. The van der Waals surface area contributed by atoms with Crippen LogP contribution in [0.5, 0.6) is 0 Å². The van der Waals surface area contributed by atoms with E-state index in [1.165, 1.54) is 23.7 Å². The maximum Gasteiger partial charge on any atom is 0.407 e. The maximum absolute atomic E-state index is 11.4. The Morgan fingerprint density at radius 2 is 1.10 bits per heavy atom. The van der Waals surface area contributed by atoms with E-state index in [0.29, 0.717) is 66.0 Å². The van der Waals surface area contributed by atoms with E-state index < -0.39 is 11.7 Å². The molecule has 9 heteroatoms. The van der Waals surface area contributed by atoms with Crippen molar-refractivity contribution in [1.29, 1.82) is 0 Å². The Morgan fingerprint density at radius 1 is 0.667 bits per heavy atom. The second-order valence-electron chi connectivity index (χ2n) is 7.59. The van der Waals surface area contributed by atoms with Crippen molar-refractivity contribution in [2.24, 2.45) is 0 Å². The molecular formula is C21H42INO7. The summed E-state index contributed by atoms with van der Waals surface area (Å²) in [6.07, 6.45) is 4.54. The van der Waals surface area contributed by atoms with Gasteiger partial charge in [0.1, 0.15) is 5.60 Å². The quantitative estimate of drug-likeness (QED) is 0.134. The van der Waals surface area contributed by atoms with Crippen LogP contribution < -0.4 is 5.32 Å². The minimum Gasteiger partial charge on any atom is -0.444 e. The number of alkyl halides is 1. The van der Waals surface area contributed by atoms with Crippen LogP contribution in [0, 0.1) is 0 Å². The molecular weight excluding hydrogens is 505 g/mol. The summed E-state index contributed by atoms with van der Waals surface area (Å²) < 4.78 is 33.6. The predicted octanol–water partition coefficient (Wildman–Crippen LogP) is 3.59. The lowest BCUT2D eigenvalue weighted by atomic mass is 10.2. The van der Waals surface area contributed by atoms with Crippen LogP contribution in [-0.4, -0.2) is 88.7 Å². The number of amides is 1. The van der Waals surface area contributed by atoms with Gasteiger partial charge in [0.05, 0.1) is 59.5 Å². The topological polar surface area (TPSA) is 84.5 Å². The molecule has 0 spiro atoms. The zero-order valence-electron chi connectivity index (χ0n) is 19.0. The minimum absolute atomic E-state index is 0.405. The van der Waals surface area contributed by atoms with Crippen molar-refractivity contribution >= 4 is 28.7 Å². The van der Waals surface area contributed by atoms with Gasteiger partial charge in [0.2, 0.25) is 0 Å². The van der Waals surface area contributed by atoms with Crippen molar-refractivity contribution in [2.45, 2.75) is 52.1 Å². The second-order valence-corrected chi connectivity index (χ2v) is 8.67. The Kier molecular flexibility index (Phi) is 21.9. The third kappa shape index (κ3) is 25.8. The number of unbranched alkanes of at least 4 members (excludes halogenated alkanes) is 3. The molecule has 0 fully saturated rings. The standard InChI is InChI=1S/C21H42INO7/c1-21(2,3)30-20(24)23-9-11-26-13-15-28-17-19-29-18-16-27-14-12-25-10-7-5-4-6-8-22/h4-19H2,1-3H3,(H,23,24). The second kappa shape index (κ2) is 22.0. The van der Waals surface area contributed by atoms with Gasteiger partial charge in [0, 0.05) is 13.2 Å². The van der Waals surface area contributed by atoms with Crippen LogP contribution in [0.1, 0.15) is 46.5 Å². The normalized spacial score (nSPS) is 11.6. The third-order valence-corrected chi connectivity index (χ3v) is 4.34. The number of ether oxygens (including phenoxy) is 6. The van der Waals surface area contributed by atoms with E-state index in [0.717, 1.165) is 13.0 Å². The molecule has 0 saturated carbocycles. The third-order valence-electron chi connectivity index (χ3n) is 3.57. The fourth-order valence-corrected chi connectivity index (χ4v) is 2.71. The molecule has 1 N–H and O–H groups in total. The molecule has 180 valence electrons. The molecule has 1 amide bonds. The number of hydrogen-bond acceptors (Lipinski definition) is 7. The number of carbonyl (C=O) groups excluding carboxylic acids is 1. The number of rotatable bonds is 21. The van der Waals surface area contributed by atoms with Crippen molar-refractivity contribution in [3.63, 3.8) is 0 Å². The summed E-state index contributed by atoms with van der Waals surface area (Å²) in [4.78, 5) is 11.4. The Morgan fingerprint density at radius 3 is 1.57 bits per heavy atom. The van der Waals surface area contributed by atoms with Crippen molar-refractivity contribution < 1.29 is 33.2 Å². The summed E-state index contributed by atoms with van der Waals surface area (Å²) >= 11 is 2.41. The van der Waals surface area contributed by atoms with Gasteiger partial charge < -0.3 is 33.7 Å². The van der Waals surface area contributed by atoms with Crippen molar-refractivity contribution in [1.82, 2.24) is 5.32 Å². The van der Waals surface area contributed by atoms with E-state index in [9.17, 15) is 4.79 Å². The number of hydrogen-bond donors (Lipinski definition) is 1. The van der Waals surface area contributed by atoms with E-state index >= 15 is 0 Å². The van der Waals surface area contributed by atoms with Gasteiger partial charge in [-0.15, -0.1) is 0 Å². The van der Waals surface area contributed by atoms with Crippen LogP contribution >= 0.6 is 22.6 Å². The van der Waals surface area contributed by atoms with Gasteiger partial charge in [-0.3, -0.25) is 0 Å². The summed E-state index contributed by atoms with van der Waals surface area (Å²) in [7, 11) is 0. The number of alkyl carbamates (subject to hydrolysis) is 1. The number of halogens is 1. The summed E-state index contributed by atoms with van der Waals surface area (Å²) in [6, 6.07) is 0. The van der Waals surface area contributed by atoms with E-state index in [-0.39, 0.29) is 0 Å². The van der Waals surface area contributed by atoms with E-state index in [1.54, 1.807) is 0 Å². The smallest absolute Gasteiger partial charge is 0.407 e. The molecule has 0 aliphatic rings. The number of carbonyl (C=O) groups is 1. The zero-order chi connectivity index (χ0) is 22.3. The summed E-state index contributed by atoms with van der Waals surface area (Å²) in [5, 5.41) is 2.63. The van der Waals surface area contributed by atoms with Gasteiger partial charge in [0.25, 0.3) is 0 Å². The molecule has 0 radical (unpaired) electrons. The lowest BCUT2D eigenvalue weighted by Crippen LogP contribution is -2.34. The van der Waals surface area contributed by atoms with Crippen molar-refractivity contribution in [3.05, 3.63) is 0 Å². The first-order valence-corrected chi connectivity index (χ1v) is 12.4. The van der Waals surface area contributed by atoms with E-state index in [4.69, 9.17) is 28.4 Å². The summed E-state index contributed by atoms with van der Waals surface area (Å²) in [5.41, 5.74) is -0.492. The summed E-state index contributed by atoms with van der Waals surface area (Å²) in [5.74, 6) is 0. The first-order valence-electron chi connectivity index (χ1n) is 10.9. The van der Waals surface area contributed by atoms with E-state index in [1.807, 2.05) is 20.8 Å². The van der Waals surface area contributed by atoms with Gasteiger partial charge in [-0.2, -0.15) is 0 Å². The Hall–Kier alpha value is -0.200. The SMILES string of the molecule is CC(C)(C)OC(=O)NCCOCCOCCOCCOCCOCCCCCCI. The zero-order valence-corrected chi connectivity index (χ0v) is 21.2. The Balaban J connectivity index is 3.11. The van der Waals surface area contributed by atoms with Crippen LogP contribution in [0.15, 0.2) is 0 Å². The van der Waals surface area contributed by atoms with Crippen molar-refractivity contribution in [2.75, 3.05) is 77.0 Å². The molecule has 0 heterocycles. The highest BCUT2D eigenvalue weighted by Crippen LogP contribution is 2.06. The molecule has 0 aliphatic carbocycles. The van der Waals surface area contributed by atoms with Crippen LogP contribution in [0.3, 0.4) is 0 Å². The maximum atomic E-state index is 11.4. The first-order chi connectivity index (χ1) is 14.5. The molecule has 0 unspecified atom stereocenters. The van der Waals surface area contributed by atoms with Crippen LogP contribution in [0.2, 0.25) is 0 Å². The van der Waals surface area contributed by atoms with Gasteiger partial charge in [-0.1, -0.05) is 35.4 Å². The molecule has 0 atom stereocenters. The molecule has 0 rings (SSSR count). The van der Waals surface area contributed by atoms with Gasteiger partial charge >= 0.3 is 6.09 Å². The van der Waals surface area contributed by atoms with E-state index in [2.05, 4.69) is 27.9 Å². The highest BCUT2D eigenvalue weighted by atomic mass is 127. The van der Waals surface area contributed by atoms with Crippen LogP contribution in [0.4, 0.5) is 4.79 Å². The Labute approximate surface area is 196 Å². The predicted molar refractivity (Wildman–Crippen MR) is 126 cm³/mol. The Bertz CT molecular complexity index is 381. The highest BCUT2D eigenvalue weighted by Gasteiger charge is 2.15. The molecule has 0 aromatic heterocycles. The molecule has 8 nitrogen and oxygen atoms in total. The fraction of sp³-hybridized carbons (Fsp3) is 0.952. The number of nitrogens with one attached hydrogen (secondary N) is 1. The molecule has 0 bridgehead atoms. The average Bonchev–Trinajstić information content (AvgIpc) is 2.68. The monoisotopic (exact) mass is 547 g/mol. The molecule has 0 aromatic rings. The van der Waals surface area contributed by atoms with Crippen molar-refractivity contribution in [3.8, 4) is 0 Å². The highest BCUT2D eigenvalue weighted by molar-refractivity contribution is 14.1. The fourth-order valence-electron chi connectivity index (χ4n) is 2.17. The van der Waals surface area contributed by atoms with Crippen LogP contribution in [0.25, 0.3) is 0 Å². The van der Waals surface area contributed by atoms with Crippen LogP contribution in [-0.2, 0) is 28.4 Å². The minimum atomic E-state index is -0.492.